The fraction of sp³-hybridized carbons (Fsp3) is 0.611. The minimum atomic E-state index is -0.928. The van der Waals surface area contributed by atoms with E-state index in [0.717, 1.165) is 24.0 Å². The van der Waals surface area contributed by atoms with Crippen LogP contribution in [-0.4, -0.2) is 16.7 Å². The van der Waals surface area contributed by atoms with Gasteiger partial charge in [0.1, 0.15) is 16.9 Å². The molecule has 0 fully saturated rings. The molecule has 0 atom stereocenters. The zero-order valence-corrected chi connectivity index (χ0v) is 14.3. The first-order chi connectivity index (χ1) is 9.55. The topological polar surface area (TPSA) is 46.5 Å². The number of rotatable bonds is 6. The summed E-state index contributed by atoms with van der Waals surface area (Å²) in [6.45, 7) is 14.2. The number of carboxylic acids is 1. The van der Waals surface area contributed by atoms with Gasteiger partial charge in [-0.1, -0.05) is 39.8 Å². The van der Waals surface area contributed by atoms with Crippen LogP contribution in [0.1, 0.15) is 75.9 Å². The third kappa shape index (κ3) is 3.78. The van der Waals surface area contributed by atoms with Gasteiger partial charge in [0.05, 0.1) is 0 Å². The van der Waals surface area contributed by atoms with Gasteiger partial charge >= 0.3 is 5.97 Å². The molecular weight excluding hydrogens is 264 g/mol. The summed E-state index contributed by atoms with van der Waals surface area (Å²) < 4.78 is 6.16. The van der Waals surface area contributed by atoms with Crippen molar-refractivity contribution in [2.45, 2.75) is 72.3 Å². The predicted octanol–water partition coefficient (Wildman–Crippen LogP) is 4.95. The van der Waals surface area contributed by atoms with Crippen molar-refractivity contribution in [2.75, 3.05) is 0 Å². The molecule has 0 aliphatic rings. The van der Waals surface area contributed by atoms with Crippen molar-refractivity contribution in [1.82, 2.24) is 0 Å². The van der Waals surface area contributed by atoms with Crippen LogP contribution in [-0.2, 0) is 5.41 Å². The van der Waals surface area contributed by atoms with Crippen LogP contribution in [0.15, 0.2) is 12.1 Å². The first-order valence-electron chi connectivity index (χ1n) is 7.62. The van der Waals surface area contributed by atoms with Crippen molar-refractivity contribution >= 4 is 5.97 Å². The molecule has 21 heavy (non-hydrogen) atoms. The SMILES string of the molecule is CCC(C)(C)Oc1c(C(C)(C)CC)ccc(C)c1C(=O)O. The van der Waals surface area contributed by atoms with E-state index < -0.39 is 11.6 Å². The highest BCUT2D eigenvalue weighted by molar-refractivity contribution is 5.93. The average molecular weight is 292 g/mol. The van der Waals surface area contributed by atoms with E-state index in [1.165, 1.54) is 0 Å². The molecular formula is C18H28O3. The monoisotopic (exact) mass is 292 g/mol. The lowest BCUT2D eigenvalue weighted by molar-refractivity contribution is 0.0667. The smallest absolute Gasteiger partial charge is 0.339 e. The maximum atomic E-state index is 11.7. The van der Waals surface area contributed by atoms with Crippen LogP contribution < -0.4 is 4.74 Å². The van der Waals surface area contributed by atoms with Gasteiger partial charge in [0, 0.05) is 5.56 Å². The Bertz CT molecular complexity index is 528. The average Bonchev–Trinajstić information content (AvgIpc) is 2.37. The van der Waals surface area contributed by atoms with Crippen molar-refractivity contribution in [3.05, 3.63) is 28.8 Å². The maximum absolute atomic E-state index is 11.7. The highest BCUT2D eigenvalue weighted by atomic mass is 16.5. The first kappa shape index (κ1) is 17.5. The van der Waals surface area contributed by atoms with Gasteiger partial charge in [-0.15, -0.1) is 0 Å². The molecule has 3 heteroatoms. The van der Waals surface area contributed by atoms with Crippen molar-refractivity contribution in [3.63, 3.8) is 0 Å². The Morgan fingerprint density at radius 2 is 1.71 bits per heavy atom. The summed E-state index contributed by atoms with van der Waals surface area (Å²) in [5.41, 5.74) is 1.47. The lowest BCUT2D eigenvalue weighted by Crippen LogP contribution is -2.30. The van der Waals surface area contributed by atoms with E-state index in [4.69, 9.17) is 4.74 Å². The molecule has 0 spiro atoms. The summed E-state index contributed by atoms with van der Waals surface area (Å²) in [5, 5.41) is 9.60. The minimum Gasteiger partial charge on any atom is -0.487 e. The van der Waals surface area contributed by atoms with Crippen LogP contribution in [0, 0.1) is 6.92 Å². The van der Waals surface area contributed by atoms with Gasteiger partial charge in [-0.3, -0.25) is 0 Å². The van der Waals surface area contributed by atoms with Gasteiger partial charge in [-0.2, -0.15) is 0 Å². The molecule has 0 amide bonds. The van der Waals surface area contributed by atoms with Crippen LogP contribution >= 0.6 is 0 Å². The number of aromatic carboxylic acids is 1. The maximum Gasteiger partial charge on any atom is 0.339 e. The molecule has 0 aliphatic carbocycles. The Morgan fingerprint density at radius 3 is 2.14 bits per heavy atom. The Hall–Kier alpha value is -1.51. The first-order valence-corrected chi connectivity index (χ1v) is 7.62. The lowest BCUT2D eigenvalue weighted by atomic mass is 9.80. The molecule has 1 rings (SSSR count). The molecule has 0 radical (unpaired) electrons. The second kappa shape index (κ2) is 6.08. The van der Waals surface area contributed by atoms with E-state index in [1.807, 2.05) is 39.8 Å². The van der Waals surface area contributed by atoms with Gasteiger partial charge in [0.2, 0.25) is 0 Å². The Labute approximate surface area is 128 Å². The fourth-order valence-electron chi connectivity index (χ4n) is 2.12. The fourth-order valence-corrected chi connectivity index (χ4v) is 2.12. The molecule has 0 saturated carbocycles. The Balaban J connectivity index is 3.60. The lowest BCUT2D eigenvalue weighted by Gasteiger charge is -2.32. The number of hydrogen-bond donors (Lipinski definition) is 1. The summed E-state index contributed by atoms with van der Waals surface area (Å²) in [6, 6.07) is 3.88. The Kier molecular flexibility index (Phi) is 5.08. The van der Waals surface area contributed by atoms with Gasteiger partial charge < -0.3 is 9.84 Å². The number of aryl methyl sites for hydroxylation is 1. The predicted molar refractivity (Wildman–Crippen MR) is 86.5 cm³/mol. The molecule has 0 heterocycles. The van der Waals surface area contributed by atoms with Crippen LogP contribution in [0.4, 0.5) is 0 Å². The quantitative estimate of drug-likeness (QED) is 0.807. The standard InChI is InChI=1S/C18H28O3/c1-8-17(4,5)13-11-10-12(3)14(16(19)20)15(13)21-18(6,7)9-2/h10-11H,8-9H2,1-7H3,(H,19,20). The van der Waals surface area contributed by atoms with Crippen molar-refractivity contribution in [1.29, 1.82) is 0 Å². The van der Waals surface area contributed by atoms with Crippen LogP contribution in [0.25, 0.3) is 0 Å². The second-order valence-electron chi connectivity index (χ2n) is 6.89. The van der Waals surface area contributed by atoms with E-state index >= 15 is 0 Å². The molecule has 1 aromatic carbocycles. The highest BCUT2D eigenvalue weighted by Gasteiger charge is 2.30. The summed E-state index contributed by atoms with van der Waals surface area (Å²) in [4.78, 5) is 11.7. The normalized spacial score (nSPS) is 12.3. The molecule has 0 unspecified atom stereocenters. The minimum absolute atomic E-state index is 0.128. The van der Waals surface area contributed by atoms with Gasteiger partial charge in [0.25, 0.3) is 0 Å². The molecule has 0 aliphatic heterocycles. The number of ether oxygens (including phenoxy) is 1. The molecule has 1 N–H and O–H groups in total. The molecule has 0 saturated heterocycles. The van der Waals surface area contributed by atoms with E-state index in [9.17, 15) is 9.90 Å². The van der Waals surface area contributed by atoms with Crippen LogP contribution in [0.5, 0.6) is 5.75 Å². The Morgan fingerprint density at radius 1 is 1.14 bits per heavy atom. The third-order valence-electron chi connectivity index (χ3n) is 4.42. The van der Waals surface area contributed by atoms with Gasteiger partial charge in [-0.05, 0) is 44.6 Å². The van der Waals surface area contributed by atoms with Crippen molar-refractivity contribution < 1.29 is 14.6 Å². The number of benzene rings is 1. The number of hydrogen-bond acceptors (Lipinski definition) is 2. The third-order valence-corrected chi connectivity index (χ3v) is 4.42. The highest BCUT2D eigenvalue weighted by Crippen LogP contribution is 2.40. The largest absolute Gasteiger partial charge is 0.487 e. The van der Waals surface area contributed by atoms with Crippen molar-refractivity contribution in [2.24, 2.45) is 0 Å². The number of carboxylic acid groups (broad SMARTS) is 1. The van der Waals surface area contributed by atoms with Gasteiger partial charge in [0.15, 0.2) is 0 Å². The summed E-state index contributed by atoms with van der Waals surface area (Å²) in [7, 11) is 0. The molecule has 118 valence electrons. The van der Waals surface area contributed by atoms with Crippen LogP contribution in [0.3, 0.4) is 0 Å². The summed E-state index contributed by atoms with van der Waals surface area (Å²) in [5.74, 6) is -0.399. The molecule has 3 nitrogen and oxygen atoms in total. The van der Waals surface area contributed by atoms with Crippen molar-refractivity contribution in [3.8, 4) is 5.75 Å². The molecule has 0 bridgehead atoms. The van der Waals surface area contributed by atoms with E-state index in [1.54, 1.807) is 0 Å². The molecule has 1 aromatic rings. The number of carbonyl (C=O) groups is 1. The summed E-state index contributed by atoms with van der Waals surface area (Å²) >= 11 is 0. The molecule has 0 aromatic heterocycles. The zero-order chi connectivity index (χ0) is 16.4. The van der Waals surface area contributed by atoms with E-state index in [2.05, 4.69) is 20.8 Å². The summed E-state index contributed by atoms with van der Waals surface area (Å²) in [6.07, 6.45) is 1.73. The van der Waals surface area contributed by atoms with Gasteiger partial charge in [-0.25, -0.2) is 4.79 Å². The zero-order valence-electron chi connectivity index (χ0n) is 14.3. The van der Waals surface area contributed by atoms with E-state index in [-0.39, 0.29) is 11.0 Å². The van der Waals surface area contributed by atoms with E-state index in [0.29, 0.717) is 5.75 Å². The second-order valence-corrected chi connectivity index (χ2v) is 6.89. The van der Waals surface area contributed by atoms with Crippen LogP contribution in [0.2, 0.25) is 0 Å².